The van der Waals surface area contributed by atoms with Gasteiger partial charge in [0.15, 0.2) is 0 Å². The van der Waals surface area contributed by atoms with Gasteiger partial charge in [-0.05, 0) is 77.5 Å². The van der Waals surface area contributed by atoms with Crippen LogP contribution in [0.15, 0.2) is 28.2 Å². The molecule has 3 aromatic rings. The van der Waals surface area contributed by atoms with Gasteiger partial charge >= 0.3 is 13.2 Å². The van der Waals surface area contributed by atoms with Crippen molar-refractivity contribution in [2.24, 2.45) is 0 Å². The van der Waals surface area contributed by atoms with Crippen LogP contribution in [-0.4, -0.2) is 34.4 Å². The predicted molar refractivity (Wildman–Crippen MR) is 124 cm³/mol. The van der Waals surface area contributed by atoms with E-state index in [4.69, 9.17) is 18.5 Å². The lowest BCUT2D eigenvalue weighted by Gasteiger charge is -2.32. The van der Waals surface area contributed by atoms with Crippen LogP contribution in [0.2, 0.25) is 0 Å². The van der Waals surface area contributed by atoms with Crippen molar-refractivity contribution < 1.29 is 23.3 Å². The molecule has 0 aliphatic carbocycles. The van der Waals surface area contributed by atoms with Crippen LogP contribution in [0, 0.1) is 0 Å². The number of furan rings is 1. The monoisotopic (exact) mass is 462 g/mol. The zero-order valence-corrected chi connectivity index (χ0v) is 20.5. The van der Waals surface area contributed by atoms with E-state index in [1.807, 2.05) is 59.9 Å². The van der Waals surface area contributed by atoms with E-state index in [1.54, 1.807) is 17.2 Å². The molecule has 7 nitrogen and oxygen atoms in total. The molecule has 1 fully saturated rings. The molecule has 0 atom stereocenters. The van der Waals surface area contributed by atoms with E-state index >= 15 is 0 Å². The van der Waals surface area contributed by atoms with E-state index in [0.717, 1.165) is 15.7 Å². The van der Waals surface area contributed by atoms with Crippen molar-refractivity contribution in [3.8, 4) is 0 Å². The van der Waals surface area contributed by atoms with Crippen LogP contribution < -0.4 is 10.4 Å². The Hall–Kier alpha value is -1.88. The molecule has 0 radical (unpaired) electrons. The van der Waals surface area contributed by atoms with Gasteiger partial charge in [0.2, 0.25) is 0 Å². The number of thiophene rings is 1. The summed E-state index contributed by atoms with van der Waals surface area (Å²) in [5, 5.41) is 2.71. The van der Waals surface area contributed by atoms with Gasteiger partial charge in [-0.2, -0.15) is 4.37 Å². The number of rotatable bonds is 4. The zero-order valence-electron chi connectivity index (χ0n) is 18.8. The molecule has 0 saturated carbocycles. The number of amides is 1. The molecular weight excluding hydrogens is 435 g/mol. The summed E-state index contributed by atoms with van der Waals surface area (Å²) in [5.41, 5.74) is 0.171. The van der Waals surface area contributed by atoms with Gasteiger partial charge in [-0.15, -0.1) is 11.3 Å². The molecule has 1 aliphatic rings. The van der Waals surface area contributed by atoms with Crippen LogP contribution in [0.1, 0.15) is 54.2 Å². The maximum atomic E-state index is 13.1. The van der Waals surface area contributed by atoms with Gasteiger partial charge in [-0.1, -0.05) is 0 Å². The summed E-state index contributed by atoms with van der Waals surface area (Å²) >= 11 is 2.78. The van der Waals surface area contributed by atoms with Crippen molar-refractivity contribution in [2.75, 3.05) is 4.90 Å². The van der Waals surface area contributed by atoms with E-state index in [2.05, 4.69) is 4.37 Å². The number of nitrogens with zero attached hydrogens (tertiary/aromatic N) is 2. The van der Waals surface area contributed by atoms with Gasteiger partial charge in [0.25, 0.3) is 0 Å². The highest BCUT2D eigenvalue weighted by Crippen LogP contribution is 2.40. The van der Waals surface area contributed by atoms with Gasteiger partial charge in [0.05, 0.1) is 34.2 Å². The summed E-state index contributed by atoms with van der Waals surface area (Å²) in [6.07, 6.45) is 1.15. The fourth-order valence-electron chi connectivity index (χ4n) is 3.15. The lowest BCUT2D eigenvalue weighted by atomic mass is 9.80. The summed E-state index contributed by atoms with van der Waals surface area (Å²) in [5.74, 6) is 0.662. The van der Waals surface area contributed by atoms with Crippen molar-refractivity contribution in [2.45, 2.75) is 71.8 Å². The van der Waals surface area contributed by atoms with Crippen LogP contribution in [-0.2, 0) is 20.6 Å². The highest BCUT2D eigenvalue weighted by Gasteiger charge is 2.52. The largest absolute Gasteiger partial charge is 0.497 e. The first-order valence-corrected chi connectivity index (χ1v) is 11.8. The smallest absolute Gasteiger partial charge is 0.467 e. The maximum absolute atomic E-state index is 13.1. The predicted octanol–water partition coefficient (Wildman–Crippen LogP) is 5.19. The molecule has 166 valence electrons. The van der Waals surface area contributed by atoms with E-state index in [0.29, 0.717) is 10.8 Å². The molecule has 0 bridgehead atoms. The van der Waals surface area contributed by atoms with Gasteiger partial charge in [0.1, 0.15) is 16.4 Å². The number of ether oxygens (including phenoxy) is 1. The first-order chi connectivity index (χ1) is 14.4. The fourth-order valence-corrected chi connectivity index (χ4v) is 5.20. The minimum Gasteiger partial charge on any atom is -0.467 e. The summed E-state index contributed by atoms with van der Waals surface area (Å²) in [6, 6.07) is 3.63. The van der Waals surface area contributed by atoms with Crippen molar-refractivity contribution in [1.82, 2.24) is 4.37 Å². The standard InChI is InChI=1S/C21H27BN2O5S2/c1-19(2,3)27-18(25)24(11-13-9-8-10-26-13)17-16-15(23-31-17)14(12-30-16)22-28-20(4,5)21(6,7)29-22/h8-10,12H,11H2,1-7H3. The third-order valence-electron chi connectivity index (χ3n) is 5.47. The van der Waals surface area contributed by atoms with Crippen LogP contribution in [0.5, 0.6) is 0 Å². The van der Waals surface area contributed by atoms with Crippen LogP contribution in [0.25, 0.3) is 10.2 Å². The first-order valence-electron chi connectivity index (χ1n) is 10.1. The molecule has 1 aliphatic heterocycles. The molecule has 4 rings (SSSR count). The Kier molecular flexibility index (Phi) is 5.48. The molecule has 0 unspecified atom stereocenters. The second kappa shape index (κ2) is 7.62. The lowest BCUT2D eigenvalue weighted by molar-refractivity contribution is 0.00578. The molecule has 0 spiro atoms. The minimum absolute atomic E-state index is 0.253. The van der Waals surface area contributed by atoms with Crippen molar-refractivity contribution in [1.29, 1.82) is 0 Å². The Labute approximate surface area is 190 Å². The Morgan fingerprint density at radius 3 is 2.48 bits per heavy atom. The van der Waals surface area contributed by atoms with E-state index < -0.39 is 30.0 Å². The first kappa shape index (κ1) is 22.3. The zero-order chi connectivity index (χ0) is 22.6. The number of hydrogen-bond donors (Lipinski definition) is 0. The molecule has 0 aromatic carbocycles. The van der Waals surface area contributed by atoms with Crippen LogP contribution >= 0.6 is 22.9 Å². The van der Waals surface area contributed by atoms with Gasteiger partial charge in [-0.3, -0.25) is 4.90 Å². The average Bonchev–Trinajstić information content (AvgIpc) is 3.37. The minimum atomic E-state index is -0.619. The summed E-state index contributed by atoms with van der Waals surface area (Å²) < 4.78 is 29.1. The van der Waals surface area contributed by atoms with Crippen molar-refractivity contribution >= 4 is 56.8 Å². The molecule has 31 heavy (non-hydrogen) atoms. The lowest BCUT2D eigenvalue weighted by Crippen LogP contribution is -2.41. The second-order valence-corrected chi connectivity index (χ2v) is 11.2. The Morgan fingerprint density at radius 2 is 1.90 bits per heavy atom. The fraction of sp³-hybridized carbons (Fsp3) is 0.524. The van der Waals surface area contributed by atoms with E-state index in [9.17, 15) is 4.79 Å². The highest BCUT2D eigenvalue weighted by atomic mass is 32.1. The third kappa shape index (κ3) is 4.26. The third-order valence-corrected chi connectivity index (χ3v) is 7.46. The quantitative estimate of drug-likeness (QED) is 0.497. The molecule has 4 heterocycles. The van der Waals surface area contributed by atoms with Gasteiger partial charge in [0, 0.05) is 5.46 Å². The normalized spacial score (nSPS) is 18.0. The summed E-state index contributed by atoms with van der Waals surface area (Å²) in [6.45, 7) is 13.9. The highest BCUT2D eigenvalue weighted by molar-refractivity contribution is 7.24. The van der Waals surface area contributed by atoms with E-state index in [-0.39, 0.29) is 6.54 Å². The second-order valence-electron chi connectivity index (χ2n) is 9.59. The summed E-state index contributed by atoms with van der Waals surface area (Å²) in [4.78, 5) is 14.6. The Balaban J connectivity index is 1.69. The molecule has 0 N–H and O–H groups in total. The molecule has 3 aromatic heterocycles. The van der Waals surface area contributed by atoms with Crippen molar-refractivity contribution in [3.05, 3.63) is 29.5 Å². The summed E-state index contributed by atoms with van der Waals surface area (Å²) in [7, 11) is -0.506. The number of hydrogen-bond acceptors (Lipinski definition) is 8. The Bertz CT molecular complexity index is 1070. The van der Waals surface area contributed by atoms with Gasteiger partial charge < -0.3 is 18.5 Å². The maximum Gasteiger partial charge on any atom is 0.497 e. The van der Waals surface area contributed by atoms with Gasteiger partial charge in [-0.25, -0.2) is 4.79 Å². The van der Waals surface area contributed by atoms with E-state index in [1.165, 1.54) is 22.9 Å². The average molecular weight is 462 g/mol. The van der Waals surface area contributed by atoms with Crippen LogP contribution in [0.3, 0.4) is 0 Å². The molecule has 10 heteroatoms. The van der Waals surface area contributed by atoms with Crippen molar-refractivity contribution in [3.63, 3.8) is 0 Å². The number of carbonyl (C=O) groups excluding carboxylic acids is 1. The SMILES string of the molecule is CC(C)(C)OC(=O)N(Cc1ccco1)c1snc2c(B3OC(C)(C)C(C)(C)O3)csc12. The molecule has 1 saturated heterocycles. The number of fused-ring (bicyclic) bond motifs is 1. The molecule has 1 amide bonds. The number of carbonyl (C=O) groups is 1. The number of aromatic nitrogens is 1. The topological polar surface area (TPSA) is 74.0 Å². The molecular formula is C21H27BN2O5S2. The van der Waals surface area contributed by atoms with Crippen LogP contribution in [0.4, 0.5) is 9.80 Å². The Morgan fingerprint density at radius 1 is 1.23 bits per heavy atom. The number of anilines is 1.